The number of thiazole rings is 1. The molecule has 0 aromatic carbocycles. The van der Waals surface area contributed by atoms with Crippen LogP contribution in [0.4, 0.5) is 5.13 Å². The second kappa shape index (κ2) is 5.33. The molecule has 1 fully saturated rings. The molecule has 6 nitrogen and oxygen atoms in total. The third kappa shape index (κ3) is 3.06. The molecule has 18 heavy (non-hydrogen) atoms. The van der Waals surface area contributed by atoms with Gasteiger partial charge in [-0.25, -0.2) is 13.4 Å². The molecule has 8 heteroatoms. The molecule has 1 atom stereocenters. The lowest BCUT2D eigenvalue weighted by Gasteiger charge is -2.32. The minimum Gasteiger partial charge on any atom is -0.301 e. The van der Waals surface area contributed by atoms with Crippen molar-refractivity contribution in [3.63, 3.8) is 0 Å². The number of amides is 1. The minimum absolute atomic E-state index is 0.296. The molecule has 0 aliphatic carbocycles. The normalized spacial score (nSPS) is 21.7. The summed E-state index contributed by atoms with van der Waals surface area (Å²) in [6, 6.07) is -0.613. The fourth-order valence-corrected chi connectivity index (χ4v) is 3.69. The highest BCUT2D eigenvalue weighted by Gasteiger charge is 2.34. The number of aromatic nitrogens is 1. The van der Waals surface area contributed by atoms with Crippen LogP contribution >= 0.6 is 11.3 Å². The summed E-state index contributed by atoms with van der Waals surface area (Å²) in [7, 11) is -3.34. The van der Waals surface area contributed by atoms with Gasteiger partial charge in [0.15, 0.2) is 5.13 Å². The summed E-state index contributed by atoms with van der Waals surface area (Å²) in [5, 5.41) is 4.91. The number of carbonyl (C=O) groups is 1. The molecule has 0 saturated carbocycles. The first-order valence-electron chi connectivity index (χ1n) is 5.65. The zero-order valence-electron chi connectivity index (χ0n) is 10.00. The first-order chi connectivity index (χ1) is 8.48. The highest BCUT2D eigenvalue weighted by molar-refractivity contribution is 7.88. The van der Waals surface area contributed by atoms with Gasteiger partial charge >= 0.3 is 0 Å². The highest BCUT2D eigenvalue weighted by atomic mass is 32.2. The number of hydrogen-bond acceptors (Lipinski definition) is 5. The van der Waals surface area contributed by atoms with Crippen LogP contribution in [0.2, 0.25) is 0 Å². The zero-order valence-corrected chi connectivity index (χ0v) is 11.6. The van der Waals surface area contributed by atoms with Gasteiger partial charge in [0.2, 0.25) is 15.9 Å². The van der Waals surface area contributed by atoms with Crippen LogP contribution in [0.3, 0.4) is 0 Å². The van der Waals surface area contributed by atoms with Crippen molar-refractivity contribution in [2.45, 2.75) is 25.3 Å². The number of anilines is 1. The second-order valence-electron chi connectivity index (χ2n) is 4.21. The van der Waals surface area contributed by atoms with Crippen LogP contribution in [0.25, 0.3) is 0 Å². The van der Waals surface area contributed by atoms with Gasteiger partial charge in [0.25, 0.3) is 0 Å². The third-order valence-corrected chi connectivity index (χ3v) is 4.82. The largest absolute Gasteiger partial charge is 0.301 e. The Labute approximate surface area is 110 Å². The Balaban J connectivity index is 2.11. The van der Waals surface area contributed by atoms with E-state index in [1.807, 2.05) is 0 Å². The summed E-state index contributed by atoms with van der Waals surface area (Å²) in [5.74, 6) is -0.296. The molecule has 1 N–H and O–H groups in total. The standard InChI is InChI=1S/C10H15N3O3S2/c1-18(15,16)13-6-3-2-4-8(13)9(14)12-10-11-5-7-17-10/h5,7-8H,2-4,6H2,1H3,(H,11,12,14). The molecule has 0 bridgehead atoms. The van der Waals surface area contributed by atoms with Crippen LogP contribution in [-0.4, -0.2) is 42.5 Å². The Morgan fingerprint density at radius 2 is 2.33 bits per heavy atom. The predicted octanol–water partition coefficient (Wildman–Crippen LogP) is 0.896. The van der Waals surface area contributed by atoms with E-state index < -0.39 is 16.1 Å². The number of sulfonamides is 1. The fourth-order valence-electron chi connectivity index (χ4n) is 2.04. The molecule has 1 aromatic heterocycles. The van der Waals surface area contributed by atoms with E-state index in [4.69, 9.17) is 0 Å². The zero-order chi connectivity index (χ0) is 13.2. The van der Waals surface area contributed by atoms with Gasteiger partial charge in [-0.1, -0.05) is 6.42 Å². The number of hydrogen-bond donors (Lipinski definition) is 1. The molecular weight excluding hydrogens is 274 g/mol. The predicted molar refractivity (Wildman–Crippen MR) is 69.9 cm³/mol. The maximum Gasteiger partial charge on any atom is 0.244 e. The van der Waals surface area contributed by atoms with Crippen molar-refractivity contribution in [2.24, 2.45) is 0 Å². The van der Waals surface area contributed by atoms with Crippen molar-refractivity contribution in [3.05, 3.63) is 11.6 Å². The van der Waals surface area contributed by atoms with Crippen molar-refractivity contribution < 1.29 is 13.2 Å². The Morgan fingerprint density at radius 1 is 1.56 bits per heavy atom. The van der Waals surface area contributed by atoms with E-state index in [2.05, 4.69) is 10.3 Å². The van der Waals surface area contributed by atoms with E-state index in [-0.39, 0.29) is 5.91 Å². The summed E-state index contributed by atoms with van der Waals surface area (Å²) in [6.07, 6.45) is 4.96. The van der Waals surface area contributed by atoms with Gasteiger partial charge in [0, 0.05) is 18.1 Å². The molecule has 1 aromatic rings. The van der Waals surface area contributed by atoms with Gasteiger partial charge < -0.3 is 5.32 Å². The average molecular weight is 289 g/mol. The molecule has 1 unspecified atom stereocenters. The van der Waals surface area contributed by atoms with E-state index in [1.54, 1.807) is 11.6 Å². The number of piperidine rings is 1. The van der Waals surface area contributed by atoms with Crippen molar-refractivity contribution in [3.8, 4) is 0 Å². The van der Waals surface area contributed by atoms with Crippen molar-refractivity contribution >= 4 is 32.4 Å². The minimum atomic E-state index is -3.34. The molecule has 2 heterocycles. The highest BCUT2D eigenvalue weighted by Crippen LogP contribution is 2.21. The van der Waals surface area contributed by atoms with Crippen LogP contribution in [0.1, 0.15) is 19.3 Å². The van der Waals surface area contributed by atoms with Crippen LogP contribution in [-0.2, 0) is 14.8 Å². The molecule has 1 aliphatic rings. The number of rotatable bonds is 3. The SMILES string of the molecule is CS(=O)(=O)N1CCCCC1C(=O)Nc1nccs1. The molecule has 100 valence electrons. The number of nitrogens with zero attached hydrogens (tertiary/aromatic N) is 2. The second-order valence-corrected chi connectivity index (χ2v) is 7.04. The van der Waals surface area contributed by atoms with Gasteiger partial charge in [-0.05, 0) is 12.8 Å². The Bertz CT molecular complexity index is 512. The Morgan fingerprint density at radius 3 is 2.94 bits per heavy atom. The molecule has 1 saturated heterocycles. The lowest BCUT2D eigenvalue weighted by Crippen LogP contribution is -2.49. The van der Waals surface area contributed by atoms with Gasteiger partial charge in [-0.3, -0.25) is 4.79 Å². The Hall–Kier alpha value is -0.990. The van der Waals surface area contributed by atoms with Gasteiger partial charge in [-0.15, -0.1) is 11.3 Å². The van der Waals surface area contributed by atoms with Gasteiger partial charge in [-0.2, -0.15) is 4.31 Å². The summed E-state index contributed by atoms with van der Waals surface area (Å²) >= 11 is 1.31. The van der Waals surface area contributed by atoms with Crippen LogP contribution in [0.15, 0.2) is 11.6 Å². The van der Waals surface area contributed by atoms with Crippen LogP contribution < -0.4 is 5.32 Å². The maximum absolute atomic E-state index is 12.1. The van der Waals surface area contributed by atoms with E-state index in [1.165, 1.54) is 15.6 Å². The lowest BCUT2D eigenvalue weighted by atomic mass is 10.0. The van der Waals surface area contributed by atoms with Crippen molar-refractivity contribution in [1.29, 1.82) is 0 Å². The Kier molecular flexibility index (Phi) is 3.98. The van der Waals surface area contributed by atoms with Gasteiger partial charge in [0.05, 0.1) is 6.26 Å². The van der Waals surface area contributed by atoms with E-state index in [9.17, 15) is 13.2 Å². The quantitative estimate of drug-likeness (QED) is 0.896. The molecule has 2 rings (SSSR count). The summed E-state index contributed by atoms with van der Waals surface area (Å²) < 4.78 is 24.6. The number of nitrogens with one attached hydrogen (secondary N) is 1. The average Bonchev–Trinajstić information content (AvgIpc) is 2.80. The first-order valence-corrected chi connectivity index (χ1v) is 8.38. The summed E-state index contributed by atoms with van der Waals surface area (Å²) in [6.45, 7) is 0.411. The van der Waals surface area contributed by atoms with E-state index >= 15 is 0 Å². The smallest absolute Gasteiger partial charge is 0.244 e. The first kappa shape index (κ1) is 13.4. The van der Waals surface area contributed by atoms with E-state index in [0.29, 0.717) is 18.1 Å². The number of carbonyl (C=O) groups excluding carboxylic acids is 1. The molecule has 0 radical (unpaired) electrons. The van der Waals surface area contributed by atoms with Crippen molar-refractivity contribution in [2.75, 3.05) is 18.1 Å². The molecule has 0 spiro atoms. The molecule has 1 amide bonds. The topological polar surface area (TPSA) is 79.4 Å². The van der Waals surface area contributed by atoms with Crippen LogP contribution in [0.5, 0.6) is 0 Å². The van der Waals surface area contributed by atoms with E-state index in [0.717, 1.165) is 19.1 Å². The van der Waals surface area contributed by atoms with Gasteiger partial charge in [0.1, 0.15) is 6.04 Å². The van der Waals surface area contributed by atoms with Crippen molar-refractivity contribution in [1.82, 2.24) is 9.29 Å². The summed E-state index contributed by atoms with van der Waals surface area (Å²) in [4.78, 5) is 16.0. The maximum atomic E-state index is 12.1. The lowest BCUT2D eigenvalue weighted by molar-refractivity contribution is -0.120. The van der Waals surface area contributed by atoms with Crippen LogP contribution in [0, 0.1) is 0 Å². The third-order valence-electron chi connectivity index (χ3n) is 2.84. The molecular formula is C10H15N3O3S2. The summed E-state index contributed by atoms with van der Waals surface area (Å²) in [5.41, 5.74) is 0. The molecule has 1 aliphatic heterocycles. The monoisotopic (exact) mass is 289 g/mol. The fraction of sp³-hybridized carbons (Fsp3) is 0.600.